The van der Waals surface area contributed by atoms with Crippen LogP contribution in [0.5, 0.6) is 0 Å². The van der Waals surface area contributed by atoms with E-state index in [1.165, 1.54) is 18.5 Å². The number of hydrogen-bond acceptors (Lipinski definition) is 3. The first-order valence-electron chi connectivity index (χ1n) is 9.41. The van der Waals surface area contributed by atoms with Crippen molar-refractivity contribution in [1.29, 1.82) is 0 Å². The van der Waals surface area contributed by atoms with E-state index in [2.05, 4.69) is 9.55 Å². The van der Waals surface area contributed by atoms with Gasteiger partial charge in [0.2, 0.25) is 0 Å². The summed E-state index contributed by atoms with van der Waals surface area (Å²) >= 11 is 0. The van der Waals surface area contributed by atoms with Crippen molar-refractivity contribution in [2.45, 2.75) is 51.6 Å². The molecule has 3 heterocycles. The topological polar surface area (TPSA) is 50.6 Å². The number of imidazole rings is 1. The van der Waals surface area contributed by atoms with Gasteiger partial charge in [-0.25, -0.2) is 9.78 Å². The van der Waals surface area contributed by atoms with Gasteiger partial charge in [-0.3, -0.25) is 0 Å². The summed E-state index contributed by atoms with van der Waals surface area (Å²) in [4.78, 5) is 21.4. The van der Waals surface area contributed by atoms with Crippen molar-refractivity contribution in [3.05, 3.63) is 17.7 Å². The Balaban J connectivity index is 1.54. The van der Waals surface area contributed by atoms with Gasteiger partial charge in [-0.15, -0.1) is 0 Å². The van der Waals surface area contributed by atoms with Crippen LogP contribution in [-0.4, -0.2) is 58.2 Å². The lowest BCUT2D eigenvalue weighted by Gasteiger charge is -2.35. The van der Waals surface area contributed by atoms with E-state index >= 15 is 0 Å². The van der Waals surface area contributed by atoms with Crippen molar-refractivity contribution in [1.82, 2.24) is 19.4 Å². The Morgan fingerprint density at radius 3 is 2.79 bits per heavy atom. The fourth-order valence-corrected chi connectivity index (χ4v) is 3.99. The van der Waals surface area contributed by atoms with Crippen molar-refractivity contribution in [2.24, 2.45) is 5.92 Å². The minimum absolute atomic E-state index is 0.177. The van der Waals surface area contributed by atoms with Gasteiger partial charge in [0.1, 0.15) is 0 Å². The second-order valence-corrected chi connectivity index (χ2v) is 7.39. The van der Waals surface area contributed by atoms with Crippen LogP contribution in [0.25, 0.3) is 0 Å². The van der Waals surface area contributed by atoms with Gasteiger partial charge >= 0.3 is 6.03 Å². The van der Waals surface area contributed by atoms with Crippen LogP contribution in [0.1, 0.15) is 49.9 Å². The molecule has 1 aromatic heterocycles. The predicted octanol–water partition coefficient (Wildman–Crippen LogP) is 2.44. The van der Waals surface area contributed by atoms with E-state index in [4.69, 9.17) is 4.74 Å². The molecule has 1 saturated carbocycles. The van der Waals surface area contributed by atoms with Crippen LogP contribution in [0.2, 0.25) is 0 Å². The number of carbonyl (C=O) groups is 1. The SMILES string of the molecule is CCOC[C@H]1CN(C(=O)N2CCCC2)Cc2ncn(CC3CC3)c21. The highest BCUT2D eigenvalue weighted by Gasteiger charge is 2.35. The third kappa shape index (κ3) is 3.16. The smallest absolute Gasteiger partial charge is 0.320 e. The molecule has 1 aromatic rings. The van der Waals surface area contributed by atoms with Crippen LogP contribution in [0, 0.1) is 5.92 Å². The number of fused-ring (bicyclic) bond motifs is 1. The van der Waals surface area contributed by atoms with Gasteiger partial charge in [-0.05, 0) is 38.5 Å². The highest BCUT2D eigenvalue weighted by molar-refractivity contribution is 5.75. The first-order valence-corrected chi connectivity index (χ1v) is 9.41. The Kier molecular flexibility index (Phi) is 4.48. The van der Waals surface area contributed by atoms with Gasteiger partial charge in [-0.1, -0.05) is 0 Å². The number of urea groups is 1. The van der Waals surface area contributed by atoms with Crippen LogP contribution in [0.15, 0.2) is 6.33 Å². The fraction of sp³-hybridized carbons (Fsp3) is 0.778. The molecule has 4 rings (SSSR count). The third-order valence-corrected chi connectivity index (χ3v) is 5.45. The first kappa shape index (κ1) is 15.9. The van der Waals surface area contributed by atoms with Crippen molar-refractivity contribution in [2.75, 3.05) is 32.8 Å². The molecule has 0 N–H and O–H groups in total. The monoisotopic (exact) mass is 332 g/mol. The molecule has 1 atom stereocenters. The Hall–Kier alpha value is -1.56. The van der Waals surface area contributed by atoms with E-state index in [0.29, 0.717) is 19.8 Å². The molecule has 0 radical (unpaired) electrons. The number of aromatic nitrogens is 2. The van der Waals surface area contributed by atoms with E-state index in [9.17, 15) is 4.79 Å². The quantitative estimate of drug-likeness (QED) is 0.832. The normalized spacial score (nSPS) is 23.6. The molecule has 1 saturated heterocycles. The minimum Gasteiger partial charge on any atom is -0.381 e. The lowest BCUT2D eigenvalue weighted by molar-refractivity contribution is 0.102. The zero-order valence-corrected chi connectivity index (χ0v) is 14.6. The van der Waals surface area contributed by atoms with Gasteiger partial charge in [-0.2, -0.15) is 0 Å². The second kappa shape index (κ2) is 6.75. The second-order valence-electron chi connectivity index (χ2n) is 7.39. The summed E-state index contributed by atoms with van der Waals surface area (Å²) in [7, 11) is 0. The van der Waals surface area contributed by atoms with E-state index in [1.54, 1.807) is 0 Å². The van der Waals surface area contributed by atoms with Crippen LogP contribution in [-0.2, 0) is 17.8 Å². The molecule has 3 aliphatic rings. The number of likely N-dealkylation sites (tertiary alicyclic amines) is 1. The first-order chi connectivity index (χ1) is 11.8. The average Bonchev–Trinajstić information content (AvgIpc) is 3.09. The number of rotatable bonds is 5. The summed E-state index contributed by atoms with van der Waals surface area (Å²) in [6, 6.07) is 0.177. The van der Waals surface area contributed by atoms with Gasteiger partial charge in [0.05, 0.1) is 25.2 Å². The van der Waals surface area contributed by atoms with Crippen molar-refractivity contribution >= 4 is 6.03 Å². The van der Waals surface area contributed by atoms with Crippen molar-refractivity contribution < 1.29 is 9.53 Å². The van der Waals surface area contributed by atoms with Crippen LogP contribution in [0.4, 0.5) is 4.79 Å². The Morgan fingerprint density at radius 2 is 2.08 bits per heavy atom. The zero-order chi connectivity index (χ0) is 16.5. The molecule has 0 spiro atoms. The van der Waals surface area contributed by atoms with Gasteiger partial charge in [0.15, 0.2) is 0 Å². The highest BCUT2D eigenvalue weighted by Crippen LogP contribution is 2.34. The maximum atomic E-state index is 12.8. The summed E-state index contributed by atoms with van der Waals surface area (Å²) in [5, 5.41) is 0. The lowest BCUT2D eigenvalue weighted by Crippen LogP contribution is -2.46. The van der Waals surface area contributed by atoms with Crippen LogP contribution >= 0.6 is 0 Å². The lowest BCUT2D eigenvalue weighted by atomic mass is 9.99. The summed E-state index contributed by atoms with van der Waals surface area (Å²) in [6.45, 7) is 7.67. The largest absolute Gasteiger partial charge is 0.381 e. The van der Waals surface area contributed by atoms with Gasteiger partial charge < -0.3 is 19.1 Å². The summed E-state index contributed by atoms with van der Waals surface area (Å²) in [6.07, 6.45) is 6.91. The molecule has 1 aliphatic carbocycles. The maximum absolute atomic E-state index is 12.8. The molecule has 2 fully saturated rings. The Bertz CT molecular complexity index is 590. The molecule has 0 unspecified atom stereocenters. The zero-order valence-electron chi connectivity index (χ0n) is 14.6. The number of carbonyl (C=O) groups excluding carboxylic acids is 1. The van der Waals surface area contributed by atoms with E-state index < -0.39 is 0 Å². The Labute approximate surface area is 143 Å². The standard InChI is InChI=1S/C18H28N4O2/c1-2-24-12-15-10-21(18(23)20-7-3-4-8-20)11-16-17(15)22(13-19-16)9-14-5-6-14/h13-15H,2-12H2,1H3/t15-/m1/s1. The van der Waals surface area contributed by atoms with Gasteiger partial charge in [0, 0.05) is 44.4 Å². The minimum atomic E-state index is 0.177. The molecule has 2 aliphatic heterocycles. The average molecular weight is 332 g/mol. The number of ether oxygens (including phenoxy) is 1. The number of amides is 2. The van der Waals surface area contributed by atoms with E-state index in [-0.39, 0.29) is 11.9 Å². The predicted molar refractivity (Wildman–Crippen MR) is 90.8 cm³/mol. The maximum Gasteiger partial charge on any atom is 0.320 e. The van der Waals surface area contributed by atoms with E-state index in [1.807, 2.05) is 23.1 Å². The summed E-state index contributed by atoms with van der Waals surface area (Å²) in [5.74, 6) is 1.06. The number of nitrogens with zero attached hydrogens (tertiary/aromatic N) is 4. The highest BCUT2D eigenvalue weighted by atomic mass is 16.5. The molecule has 2 amide bonds. The summed E-state index contributed by atoms with van der Waals surface area (Å²) < 4.78 is 8.06. The van der Waals surface area contributed by atoms with Gasteiger partial charge in [0.25, 0.3) is 0 Å². The molecular formula is C18H28N4O2. The number of hydrogen-bond donors (Lipinski definition) is 0. The van der Waals surface area contributed by atoms with Crippen LogP contribution in [0.3, 0.4) is 0 Å². The molecule has 0 bridgehead atoms. The Morgan fingerprint density at radius 1 is 1.29 bits per heavy atom. The van der Waals surface area contributed by atoms with Crippen molar-refractivity contribution in [3.8, 4) is 0 Å². The molecule has 132 valence electrons. The third-order valence-electron chi connectivity index (χ3n) is 5.45. The van der Waals surface area contributed by atoms with E-state index in [0.717, 1.165) is 50.6 Å². The molecular weight excluding hydrogens is 304 g/mol. The van der Waals surface area contributed by atoms with Crippen molar-refractivity contribution in [3.63, 3.8) is 0 Å². The molecule has 6 heteroatoms. The molecule has 6 nitrogen and oxygen atoms in total. The van der Waals surface area contributed by atoms with Crippen LogP contribution < -0.4 is 0 Å². The fourth-order valence-electron chi connectivity index (χ4n) is 3.99. The molecule has 24 heavy (non-hydrogen) atoms. The molecule has 0 aromatic carbocycles. The summed E-state index contributed by atoms with van der Waals surface area (Å²) in [5.41, 5.74) is 2.37.